The van der Waals surface area contributed by atoms with Crippen molar-refractivity contribution in [3.63, 3.8) is 0 Å². The standard InChI is InChI=1S/C16H25N3O2.2ClH/c1-13(17)11-16(20)18(2)12-14-5-3-4-6-15(14)19-7-9-21-10-8-19;;/h3-6,13H,7-12,17H2,1-2H3;2*1H. The summed E-state index contributed by atoms with van der Waals surface area (Å²) in [5.41, 5.74) is 8.06. The molecule has 5 nitrogen and oxygen atoms in total. The first-order valence-electron chi connectivity index (χ1n) is 7.48. The number of nitrogens with zero attached hydrogens (tertiary/aromatic N) is 2. The number of amides is 1. The zero-order valence-electron chi connectivity index (χ0n) is 13.7. The molecule has 1 atom stereocenters. The van der Waals surface area contributed by atoms with E-state index in [1.165, 1.54) is 11.3 Å². The number of hydrogen-bond donors (Lipinski definition) is 1. The summed E-state index contributed by atoms with van der Waals surface area (Å²) < 4.78 is 5.40. The van der Waals surface area contributed by atoms with Crippen LogP contribution in [0.15, 0.2) is 24.3 Å². The van der Waals surface area contributed by atoms with Crippen LogP contribution in [0.5, 0.6) is 0 Å². The molecule has 7 heteroatoms. The fourth-order valence-electron chi connectivity index (χ4n) is 2.53. The number of ether oxygens (including phenoxy) is 1. The molecule has 0 aliphatic carbocycles. The van der Waals surface area contributed by atoms with E-state index in [0.29, 0.717) is 13.0 Å². The quantitative estimate of drug-likeness (QED) is 0.869. The Morgan fingerprint density at radius 2 is 1.91 bits per heavy atom. The van der Waals surface area contributed by atoms with Gasteiger partial charge in [-0.2, -0.15) is 0 Å². The van der Waals surface area contributed by atoms with Crippen molar-refractivity contribution in [1.29, 1.82) is 0 Å². The van der Waals surface area contributed by atoms with Crippen molar-refractivity contribution in [3.05, 3.63) is 29.8 Å². The Bertz CT molecular complexity index is 480. The van der Waals surface area contributed by atoms with Gasteiger partial charge in [0, 0.05) is 44.8 Å². The predicted octanol–water partition coefficient (Wildman–Crippen LogP) is 2.06. The van der Waals surface area contributed by atoms with Crippen LogP contribution in [-0.4, -0.2) is 50.2 Å². The lowest BCUT2D eigenvalue weighted by Crippen LogP contribution is -2.37. The van der Waals surface area contributed by atoms with Gasteiger partial charge in [0.15, 0.2) is 0 Å². The molecule has 132 valence electrons. The number of anilines is 1. The fraction of sp³-hybridized carbons (Fsp3) is 0.562. The molecule has 1 unspecified atom stereocenters. The summed E-state index contributed by atoms with van der Waals surface area (Å²) >= 11 is 0. The van der Waals surface area contributed by atoms with Gasteiger partial charge in [0.05, 0.1) is 13.2 Å². The van der Waals surface area contributed by atoms with Crippen molar-refractivity contribution >= 4 is 36.4 Å². The first-order valence-corrected chi connectivity index (χ1v) is 7.48. The maximum Gasteiger partial charge on any atom is 0.224 e. The predicted molar refractivity (Wildman–Crippen MR) is 98.7 cm³/mol. The minimum Gasteiger partial charge on any atom is -0.378 e. The molecule has 0 aromatic heterocycles. The minimum absolute atomic E-state index is 0. The van der Waals surface area contributed by atoms with E-state index in [2.05, 4.69) is 17.0 Å². The van der Waals surface area contributed by atoms with E-state index >= 15 is 0 Å². The number of carbonyl (C=O) groups is 1. The fourth-order valence-corrected chi connectivity index (χ4v) is 2.53. The summed E-state index contributed by atoms with van der Waals surface area (Å²) in [6, 6.07) is 8.15. The number of halogens is 2. The van der Waals surface area contributed by atoms with Gasteiger partial charge in [0.1, 0.15) is 0 Å². The molecule has 0 radical (unpaired) electrons. The van der Waals surface area contributed by atoms with E-state index in [-0.39, 0.29) is 36.8 Å². The van der Waals surface area contributed by atoms with E-state index in [0.717, 1.165) is 26.3 Å². The highest BCUT2D eigenvalue weighted by Crippen LogP contribution is 2.22. The van der Waals surface area contributed by atoms with Gasteiger partial charge in [0.2, 0.25) is 5.91 Å². The molecular weight excluding hydrogens is 337 g/mol. The molecule has 2 rings (SSSR count). The zero-order chi connectivity index (χ0) is 15.2. The Morgan fingerprint density at radius 3 is 2.52 bits per heavy atom. The molecule has 1 aromatic rings. The second-order valence-corrected chi connectivity index (χ2v) is 5.66. The lowest BCUT2D eigenvalue weighted by Gasteiger charge is -2.31. The van der Waals surface area contributed by atoms with Crippen LogP contribution >= 0.6 is 24.8 Å². The van der Waals surface area contributed by atoms with Gasteiger partial charge in [-0.15, -0.1) is 24.8 Å². The van der Waals surface area contributed by atoms with E-state index < -0.39 is 0 Å². The van der Waals surface area contributed by atoms with Crippen molar-refractivity contribution in [2.75, 3.05) is 38.3 Å². The van der Waals surface area contributed by atoms with Crippen molar-refractivity contribution in [2.24, 2.45) is 5.73 Å². The average Bonchev–Trinajstić information content (AvgIpc) is 2.48. The van der Waals surface area contributed by atoms with Gasteiger partial charge in [-0.05, 0) is 18.6 Å². The zero-order valence-corrected chi connectivity index (χ0v) is 15.4. The number of hydrogen-bond acceptors (Lipinski definition) is 4. The monoisotopic (exact) mass is 363 g/mol. The van der Waals surface area contributed by atoms with Crippen LogP contribution in [0, 0.1) is 0 Å². The number of carbonyl (C=O) groups excluding carboxylic acids is 1. The van der Waals surface area contributed by atoms with Crippen LogP contribution < -0.4 is 10.6 Å². The average molecular weight is 364 g/mol. The molecule has 0 spiro atoms. The van der Waals surface area contributed by atoms with Crippen molar-refractivity contribution in [2.45, 2.75) is 25.9 Å². The second kappa shape index (κ2) is 10.7. The molecule has 1 amide bonds. The number of nitrogens with two attached hydrogens (primary N) is 1. The summed E-state index contributed by atoms with van der Waals surface area (Å²) in [5, 5.41) is 0. The van der Waals surface area contributed by atoms with E-state index in [9.17, 15) is 4.79 Å². The highest BCUT2D eigenvalue weighted by molar-refractivity contribution is 5.85. The summed E-state index contributed by atoms with van der Waals surface area (Å²) in [7, 11) is 1.83. The molecular formula is C16H27Cl2N3O2. The highest BCUT2D eigenvalue weighted by atomic mass is 35.5. The molecule has 1 heterocycles. The molecule has 0 bridgehead atoms. The normalized spacial score (nSPS) is 15.2. The van der Waals surface area contributed by atoms with Crippen LogP contribution in [0.4, 0.5) is 5.69 Å². The Hall–Kier alpha value is -1.01. The summed E-state index contributed by atoms with van der Waals surface area (Å²) in [5.74, 6) is 0.0850. The third-order valence-corrected chi connectivity index (χ3v) is 3.67. The molecule has 1 fully saturated rings. The van der Waals surface area contributed by atoms with Crippen LogP contribution in [0.3, 0.4) is 0 Å². The Balaban J connectivity index is 0.00000242. The van der Waals surface area contributed by atoms with Gasteiger partial charge in [0.25, 0.3) is 0 Å². The van der Waals surface area contributed by atoms with Crippen LogP contribution in [0.2, 0.25) is 0 Å². The number of rotatable bonds is 5. The molecule has 0 saturated carbocycles. The number of para-hydroxylation sites is 1. The van der Waals surface area contributed by atoms with Crippen molar-refractivity contribution < 1.29 is 9.53 Å². The lowest BCUT2D eigenvalue weighted by atomic mass is 10.1. The molecule has 1 saturated heterocycles. The van der Waals surface area contributed by atoms with E-state index in [1.54, 1.807) is 4.90 Å². The number of morpholine rings is 1. The van der Waals surface area contributed by atoms with Crippen LogP contribution in [0.25, 0.3) is 0 Å². The topological polar surface area (TPSA) is 58.8 Å². The van der Waals surface area contributed by atoms with Crippen LogP contribution in [-0.2, 0) is 16.1 Å². The Morgan fingerprint density at radius 1 is 1.30 bits per heavy atom. The molecule has 2 N–H and O–H groups in total. The molecule has 23 heavy (non-hydrogen) atoms. The summed E-state index contributed by atoms with van der Waals surface area (Å²) in [6.45, 7) is 5.77. The third-order valence-electron chi connectivity index (χ3n) is 3.67. The maximum atomic E-state index is 12.1. The summed E-state index contributed by atoms with van der Waals surface area (Å²) in [6.07, 6.45) is 0.385. The largest absolute Gasteiger partial charge is 0.378 e. The smallest absolute Gasteiger partial charge is 0.224 e. The SMILES string of the molecule is CC(N)CC(=O)N(C)Cc1ccccc1N1CCOCC1.Cl.Cl. The lowest BCUT2D eigenvalue weighted by molar-refractivity contribution is -0.130. The van der Waals surface area contributed by atoms with Gasteiger partial charge in [-0.25, -0.2) is 0 Å². The van der Waals surface area contributed by atoms with E-state index in [4.69, 9.17) is 10.5 Å². The van der Waals surface area contributed by atoms with Crippen molar-refractivity contribution in [3.8, 4) is 0 Å². The second-order valence-electron chi connectivity index (χ2n) is 5.66. The van der Waals surface area contributed by atoms with Gasteiger partial charge < -0.3 is 20.3 Å². The van der Waals surface area contributed by atoms with E-state index in [1.807, 2.05) is 26.1 Å². The molecule has 1 aliphatic heterocycles. The third kappa shape index (κ3) is 6.55. The highest BCUT2D eigenvalue weighted by Gasteiger charge is 2.17. The molecule has 1 aromatic carbocycles. The van der Waals surface area contributed by atoms with Gasteiger partial charge >= 0.3 is 0 Å². The van der Waals surface area contributed by atoms with Crippen LogP contribution in [0.1, 0.15) is 18.9 Å². The van der Waals surface area contributed by atoms with Gasteiger partial charge in [-0.3, -0.25) is 4.79 Å². The Kier molecular flexibility index (Phi) is 10.2. The van der Waals surface area contributed by atoms with Gasteiger partial charge in [-0.1, -0.05) is 18.2 Å². The molecule has 1 aliphatic rings. The number of benzene rings is 1. The van der Waals surface area contributed by atoms with Crippen molar-refractivity contribution in [1.82, 2.24) is 4.90 Å². The summed E-state index contributed by atoms with van der Waals surface area (Å²) in [4.78, 5) is 16.1. The minimum atomic E-state index is -0.102. The first kappa shape index (κ1) is 22.0. The first-order chi connectivity index (χ1) is 10.1. The Labute approximate surface area is 151 Å². The maximum absolute atomic E-state index is 12.1.